The van der Waals surface area contributed by atoms with E-state index in [1.54, 1.807) is 18.0 Å². The molecule has 5 rings (SSSR count). The molecule has 1 fully saturated rings. The summed E-state index contributed by atoms with van der Waals surface area (Å²) in [6.07, 6.45) is 0.828. The van der Waals surface area contributed by atoms with E-state index in [4.69, 9.17) is 4.74 Å². The summed E-state index contributed by atoms with van der Waals surface area (Å²) < 4.78 is 32.6. The maximum absolute atomic E-state index is 13.4. The first-order valence-corrected chi connectivity index (χ1v) is 10.3. The molecule has 0 atom stereocenters. The fraction of sp³-hybridized carbons (Fsp3) is 0.409. The van der Waals surface area contributed by atoms with Gasteiger partial charge in [-0.25, -0.2) is 13.8 Å². The minimum absolute atomic E-state index is 0.0145. The highest BCUT2D eigenvalue weighted by atomic mass is 19.3. The summed E-state index contributed by atoms with van der Waals surface area (Å²) in [5.41, 5.74) is 2.90. The molecule has 0 N–H and O–H groups in total. The molecule has 2 amide bonds. The number of likely N-dealkylation sites (tertiary alicyclic amines) is 1. The van der Waals surface area contributed by atoms with Crippen molar-refractivity contribution < 1.29 is 23.1 Å². The van der Waals surface area contributed by atoms with E-state index in [-0.39, 0.29) is 37.7 Å². The quantitative estimate of drug-likeness (QED) is 0.736. The molecule has 0 aliphatic carbocycles. The first-order chi connectivity index (χ1) is 14.8. The molecule has 162 valence electrons. The van der Waals surface area contributed by atoms with Crippen molar-refractivity contribution in [1.29, 1.82) is 0 Å². The lowest BCUT2D eigenvalue weighted by Gasteiger charge is -2.33. The van der Waals surface area contributed by atoms with Crippen molar-refractivity contribution in [3.63, 3.8) is 0 Å². The van der Waals surface area contributed by atoms with Gasteiger partial charge in [0.2, 0.25) is 0 Å². The van der Waals surface area contributed by atoms with E-state index >= 15 is 0 Å². The Kier molecular flexibility index (Phi) is 4.56. The van der Waals surface area contributed by atoms with E-state index in [0.29, 0.717) is 42.4 Å². The Morgan fingerprint density at radius 3 is 2.71 bits per heavy atom. The normalized spacial score (nSPS) is 19.7. The number of hydrogen-bond donors (Lipinski definition) is 0. The monoisotopic (exact) mass is 428 g/mol. The molecule has 0 saturated carbocycles. The highest BCUT2D eigenvalue weighted by Crippen LogP contribution is 2.37. The molecular formula is C22H22F2N4O3. The highest BCUT2D eigenvalue weighted by molar-refractivity contribution is 5.99. The topological polar surface area (TPSA) is 66.0 Å². The number of ether oxygens (including phenoxy) is 1. The molecule has 4 heterocycles. The number of alkyl halides is 2. The van der Waals surface area contributed by atoms with Gasteiger partial charge in [0.15, 0.2) is 11.6 Å². The maximum Gasteiger partial charge on any atom is 0.255 e. The minimum atomic E-state index is -2.70. The van der Waals surface area contributed by atoms with Crippen LogP contribution in [0.25, 0.3) is 0 Å². The Hall–Kier alpha value is -3.23. The summed E-state index contributed by atoms with van der Waals surface area (Å²) >= 11 is 0. The summed E-state index contributed by atoms with van der Waals surface area (Å²) in [4.78, 5) is 34.5. The number of nitrogens with zero attached hydrogens (tertiary/aromatic N) is 4. The first-order valence-electron chi connectivity index (χ1n) is 10.3. The van der Waals surface area contributed by atoms with Crippen LogP contribution in [0, 0.1) is 0 Å². The number of pyridine rings is 1. The fourth-order valence-corrected chi connectivity index (χ4v) is 4.31. The molecule has 31 heavy (non-hydrogen) atoms. The Bertz CT molecular complexity index is 1060. The number of carbonyl (C=O) groups excluding carboxylic acids is 2. The third-order valence-electron chi connectivity index (χ3n) is 6.08. The van der Waals surface area contributed by atoms with E-state index in [2.05, 4.69) is 4.98 Å². The predicted molar refractivity (Wildman–Crippen MR) is 109 cm³/mol. The van der Waals surface area contributed by atoms with Crippen molar-refractivity contribution in [2.24, 2.45) is 0 Å². The first kappa shape index (κ1) is 19.7. The van der Waals surface area contributed by atoms with Crippen LogP contribution in [0.1, 0.15) is 39.1 Å². The van der Waals surface area contributed by atoms with Crippen LogP contribution in [0.2, 0.25) is 0 Å². The SMILES string of the molecule is CN1Cc2cc(N3CCOc4cc(C(=O)N5CCC(F)(F)CC5)cnc43)ccc2C1=O. The van der Waals surface area contributed by atoms with Crippen molar-refractivity contribution in [2.75, 3.05) is 38.2 Å². The van der Waals surface area contributed by atoms with Crippen LogP contribution in [-0.4, -0.2) is 65.8 Å². The van der Waals surface area contributed by atoms with Gasteiger partial charge < -0.3 is 19.4 Å². The number of aromatic nitrogens is 1. The Morgan fingerprint density at radius 2 is 1.94 bits per heavy atom. The summed E-state index contributed by atoms with van der Waals surface area (Å²) in [6, 6.07) is 7.34. The van der Waals surface area contributed by atoms with Crippen molar-refractivity contribution in [1.82, 2.24) is 14.8 Å². The van der Waals surface area contributed by atoms with Crippen molar-refractivity contribution in [2.45, 2.75) is 25.3 Å². The van der Waals surface area contributed by atoms with E-state index < -0.39 is 5.92 Å². The van der Waals surface area contributed by atoms with Crippen LogP contribution >= 0.6 is 0 Å². The predicted octanol–water partition coefficient (Wildman–Crippen LogP) is 3.07. The third kappa shape index (κ3) is 3.47. The second-order valence-electron chi connectivity index (χ2n) is 8.20. The van der Waals surface area contributed by atoms with Gasteiger partial charge in [0.1, 0.15) is 6.61 Å². The van der Waals surface area contributed by atoms with Gasteiger partial charge in [-0.15, -0.1) is 0 Å². The molecule has 0 spiro atoms. The van der Waals surface area contributed by atoms with Gasteiger partial charge in [0.05, 0.1) is 12.1 Å². The van der Waals surface area contributed by atoms with Crippen LogP contribution in [0.5, 0.6) is 5.75 Å². The molecule has 1 aromatic carbocycles. The lowest BCUT2D eigenvalue weighted by Crippen LogP contribution is -2.42. The number of piperidine rings is 1. The second-order valence-corrected chi connectivity index (χ2v) is 8.20. The summed E-state index contributed by atoms with van der Waals surface area (Å²) in [6.45, 7) is 1.61. The van der Waals surface area contributed by atoms with Crippen LogP contribution in [0.3, 0.4) is 0 Å². The Morgan fingerprint density at radius 1 is 1.16 bits per heavy atom. The maximum atomic E-state index is 13.4. The van der Waals surface area contributed by atoms with E-state index in [1.165, 1.54) is 11.1 Å². The van der Waals surface area contributed by atoms with Gasteiger partial charge in [-0.2, -0.15) is 0 Å². The van der Waals surface area contributed by atoms with Crippen LogP contribution in [0.15, 0.2) is 30.5 Å². The van der Waals surface area contributed by atoms with Gasteiger partial charge in [0.25, 0.3) is 17.7 Å². The molecule has 9 heteroatoms. The second kappa shape index (κ2) is 7.18. The fourth-order valence-electron chi connectivity index (χ4n) is 4.31. The van der Waals surface area contributed by atoms with E-state index in [0.717, 1.165) is 11.3 Å². The van der Waals surface area contributed by atoms with Crippen molar-refractivity contribution in [3.8, 4) is 5.75 Å². The van der Waals surface area contributed by atoms with E-state index in [9.17, 15) is 18.4 Å². The number of amides is 2. The average molecular weight is 428 g/mol. The Balaban J connectivity index is 1.40. The highest BCUT2D eigenvalue weighted by Gasteiger charge is 2.36. The zero-order valence-corrected chi connectivity index (χ0v) is 17.1. The van der Waals surface area contributed by atoms with Gasteiger partial charge in [-0.1, -0.05) is 0 Å². The lowest BCUT2D eigenvalue weighted by atomic mass is 10.1. The Labute approximate surface area is 178 Å². The number of carbonyl (C=O) groups is 2. The molecule has 3 aliphatic heterocycles. The lowest BCUT2D eigenvalue weighted by molar-refractivity contribution is -0.0494. The largest absolute Gasteiger partial charge is 0.488 e. The van der Waals surface area contributed by atoms with Crippen LogP contribution in [0.4, 0.5) is 20.3 Å². The smallest absolute Gasteiger partial charge is 0.255 e. The molecule has 7 nitrogen and oxygen atoms in total. The van der Waals surface area contributed by atoms with Gasteiger partial charge in [-0.05, 0) is 29.8 Å². The molecule has 0 bridgehead atoms. The number of anilines is 2. The number of hydrogen-bond acceptors (Lipinski definition) is 5. The summed E-state index contributed by atoms with van der Waals surface area (Å²) in [7, 11) is 1.77. The van der Waals surface area contributed by atoms with E-state index in [1.807, 2.05) is 23.1 Å². The molecule has 2 aromatic rings. The van der Waals surface area contributed by atoms with Crippen molar-refractivity contribution in [3.05, 3.63) is 47.2 Å². The van der Waals surface area contributed by atoms with Crippen LogP contribution < -0.4 is 9.64 Å². The molecule has 1 aromatic heterocycles. The molecular weight excluding hydrogens is 406 g/mol. The molecule has 3 aliphatic rings. The number of halogens is 2. The van der Waals surface area contributed by atoms with Crippen LogP contribution in [-0.2, 0) is 6.54 Å². The van der Waals surface area contributed by atoms with Crippen molar-refractivity contribution >= 4 is 23.3 Å². The number of benzene rings is 1. The standard InChI is InChI=1S/C22H22F2N4O3/c1-26-13-15-10-16(2-3-17(15)21(26)30)28-8-9-31-18-11-14(12-25-19(18)28)20(29)27-6-4-22(23,24)5-7-27/h2-3,10-12H,4-9,13H2,1H3. The summed E-state index contributed by atoms with van der Waals surface area (Å²) in [5.74, 6) is -1.94. The molecule has 0 radical (unpaired) electrons. The van der Waals surface area contributed by atoms with Gasteiger partial charge >= 0.3 is 0 Å². The molecule has 0 unspecified atom stereocenters. The minimum Gasteiger partial charge on any atom is -0.488 e. The number of fused-ring (bicyclic) bond motifs is 2. The third-order valence-corrected chi connectivity index (χ3v) is 6.08. The molecule has 1 saturated heterocycles. The average Bonchev–Trinajstić information content (AvgIpc) is 3.05. The van der Waals surface area contributed by atoms with Gasteiger partial charge in [-0.3, -0.25) is 9.59 Å². The zero-order valence-electron chi connectivity index (χ0n) is 17.1. The number of rotatable bonds is 2. The summed E-state index contributed by atoms with van der Waals surface area (Å²) in [5, 5.41) is 0. The zero-order chi connectivity index (χ0) is 21.8. The van der Waals surface area contributed by atoms with Gasteiger partial charge in [0, 0.05) is 57.0 Å².